The Balaban J connectivity index is 1.47. The molecule has 1 aliphatic heterocycles. The normalized spacial score (nSPS) is 12.7. The number of amides is 1. The van der Waals surface area contributed by atoms with Crippen LogP contribution < -0.4 is 5.32 Å². The van der Waals surface area contributed by atoms with Gasteiger partial charge in [0.2, 0.25) is 11.8 Å². The molecule has 1 aliphatic rings. The number of anilines is 1. The summed E-state index contributed by atoms with van der Waals surface area (Å²) >= 11 is 13.4. The molecule has 0 fully saturated rings. The molecule has 27 heavy (non-hydrogen) atoms. The molecule has 0 atom stereocenters. The fraction of sp³-hybridized carbons (Fsp3) is 0.111. The van der Waals surface area contributed by atoms with Gasteiger partial charge in [-0.1, -0.05) is 47.1 Å². The average molecular weight is 420 g/mol. The predicted molar refractivity (Wildman–Crippen MR) is 104 cm³/mol. The van der Waals surface area contributed by atoms with Crippen LogP contribution in [0.3, 0.4) is 0 Å². The van der Waals surface area contributed by atoms with Gasteiger partial charge in [0.15, 0.2) is 5.78 Å². The molecule has 6 nitrogen and oxygen atoms in total. The van der Waals surface area contributed by atoms with Crippen LogP contribution in [0.2, 0.25) is 10.0 Å². The number of hydrogen-bond donors (Lipinski definition) is 1. The molecular formula is C18H11Cl2N3O3S. The Morgan fingerprint density at radius 1 is 1.19 bits per heavy atom. The van der Waals surface area contributed by atoms with Crippen molar-refractivity contribution in [2.45, 2.75) is 11.6 Å². The molecule has 1 N–H and O–H groups in total. The highest BCUT2D eigenvalue weighted by Crippen LogP contribution is 2.32. The summed E-state index contributed by atoms with van der Waals surface area (Å²) in [4.78, 5) is 24.0. The topological polar surface area (TPSA) is 85.1 Å². The van der Waals surface area contributed by atoms with Crippen LogP contribution >= 0.6 is 35.0 Å². The van der Waals surface area contributed by atoms with Crippen molar-refractivity contribution in [2.24, 2.45) is 0 Å². The van der Waals surface area contributed by atoms with Gasteiger partial charge in [-0.3, -0.25) is 9.59 Å². The molecule has 2 heterocycles. The number of nitrogens with zero attached hydrogens (tertiary/aromatic N) is 2. The third kappa shape index (κ3) is 3.71. The van der Waals surface area contributed by atoms with E-state index >= 15 is 0 Å². The first-order valence-corrected chi connectivity index (χ1v) is 9.62. The number of rotatable bonds is 5. The highest BCUT2D eigenvalue weighted by atomic mass is 35.5. The van der Waals surface area contributed by atoms with Crippen molar-refractivity contribution >= 4 is 52.3 Å². The maximum absolute atomic E-state index is 12.5. The van der Waals surface area contributed by atoms with Crippen molar-refractivity contribution < 1.29 is 14.0 Å². The lowest BCUT2D eigenvalue weighted by Crippen LogP contribution is -2.04. The van der Waals surface area contributed by atoms with Crippen LogP contribution in [-0.2, 0) is 11.2 Å². The number of carbonyl (C=O) groups is 2. The van der Waals surface area contributed by atoms with Crippen LogP contribution in [0.1, 0.15) is 15.9 Å². The van der Waals surface area contributed by atoms with E-state index in [1.54, 1.807) is 30.3 Å². The molecule has 0 bridgehead atoms. The third-order valence-electron chi connectivity index (χ3n) is 3.96. The minimum absolute atomic E-state index is 0.0734. The molecule has 1 amide bonds. The molecule has 0 unspecified atom stereocenters. The van der Waals surface area contributed by atoms with Gasteiger partial charge in [0.25, 0.3) is 5.22 Å². The lowest BCUT2D eigenvalue weighted by Gasteiger charge is -2.06. The number of ketones is 1. The van der Waals surface area contributed by atoms with E-state index < -0.39 is 0 Å². The first-order valence-electron chi connectivity index (χ1n) is 7.88. The average Bonchev–Trinajstić information content (AvgIpc) is 3.24. The Morgan fingerprint density at radius 2 is 2.00 bits per heavy atom. The van der Waals surface area contributed by atoms with E-state index in [-0.39, 0.29) is 35.0 Å². The largest absolute Gasteiger partial charge is 0.411 e. The second-order valence-electron chi connectivity index (χ2n) is 5.78. The summed E-state index contributed by atoms with van der Waals surface area (Å²) in [5.41, 5.74) is 2.40. The molecule has 0 aliphatic carbocycles. The van der Waals surface area contributed by atoms with Gasteiger partial charge < -0.3 is 9.73 Å². The van der Waals surface area contributed by atoms with Gasteiger partial charge in [0.1, 0.15) is 0 Å². The molecule has 9 heteroatoms. The minimum atomic E-state index is -0.190. The van der Waals surface area contributed by atoms with Crippen LogP contribution in [0.5, 0.6) is 0 Å². The number of fused-ring (bicyclic) bond motifs is 1. The summed E-state index contributed by atoms with van der Waals surface area (Å²) in [5, 5.41) is 11.7. The SMILES string of the molecule is O=C1Cc2cc(C(=O)CSc3nnc(-c4ccccc4Cl)o3)c(Cl)cc2N1. The van der Waals surface area contributed by atoms with Gasteiger partial charge in [0, 0.05) is 11.3 Å². The third-order valence-corrected chi connectivity index (χ3v) is 5.42. The van der Waals surface area contributed by atoms with Crippen LogP contribution in [0, 0.1) is 0 Å². The van der Waals surface area contributed by atoms with Crippen molar-refractivity contribution in [3.63, 3.8) is 0 Å². The van der Waals surface area contributed by atoms with E-state index in [4.69, 9.17) is 27.6 Å². The summed E-state index contributed by atoms with van der Waals surface area (Å²) in [7, 11) is 0. The molecule has 3 aromatic rings. The lowest BCUT2D eigenvalue weighted by molar-refractivity contribution is -0.115. The van der Waals surface area contributed by atoms with Crippen LogP contribution in [0.25, 0.3) is 11.5 Å². The Bertz CT molecular complexity index is 1070. The Hall–Kier alpha value is -2.35. The highest BCUT2D eigenvalue weighted by Gasteiger charge is 2.22. The van der Waals surface area contributed by atoms with Crippen LogP contribution in [0.4, 0.5) is 5.69 Å². The Kier molecular flexibility index (Phi) is 4.90. The van der Waals surface area contributed by atoms with E-state index in [2.05, 4.69) is 15.5 Å². The Morgan fingerprint density at radius 3 is 2.81 bits per heavy atom. The fourth-order valence-electron chi connectivity index (χ4n) is 2.68. The zero-order chi connectivity index (χ0) is 19.0. The molecule has 4 rings (SSSR count). The number of benzene rings is 2. The quantitative estimate of drug-likeness (QED) is 0.483. The second kappa shape index (κ2) is 7.34. The zero-order valence-corrected chi connectivity index (χ0v) is 16.0. The summed E-state index contributed by atoms with van der Waals surface area (Å²) in [5.74, 6) is 0.0580. The standard InChI is InChI=1S/C18H11Cl2N3O3S/c19-12-4-2-1-3-10(12)17-22-23-18(26-17)27-8-15(24)11-5-9-6-16(25)21-14(9)7-13(11)20/h1-5,7H,6,8H2,(H,21,25). The van der Waals surface area contributed by atoms with E-state index in [1.807, 2.05) is 6.07 Å². The summed E-state index contributed by atoms with van der Waals surface area (Å²) < 4.78 is 5.57. The summed E-state index contributed by atoms with van der Waals surface area (Å²) in [6.45, 7) is 0. The predicted octanol–water partition coefficient (Wildman–Crippen LogP) is 4.51. The lowest BCUT2D eigenvalue weighted by atomic mass is 10.1. The first-order chi connectivity index (χ1) is 13.0. The summed E-state index contributed by atoms with van der Waals surface area (Å²) in [6, 6.07) is 10.4. The number of Topliss-reactive ketones (excluding diaryl/α,β-unsaturated/α-hetero) is 1. The molecule has 0 saturated heterocycles. The number of aromatic nitrogens is 2. The van der Waals surface area contributed by atoms with Gasteiger partial charge in [-0.05, 0) is 29.8 Å². The molecule has 0 radical (unpaired) electrons. The molecule has 0 spiro atoms. The van der Waals surface area contributed by atoms with Crippen LogP contribution in [-0.4, -0.2) is 27.6 Å². The second-order valence-corrected chi connectivity index (χ2v) is 7.52. The maximum Gasteiger partial charge on any atom is 0.277 e. The van der Waals surface area contributed by atoms with Gasteiger partial charge in [0.05, 0.1) is 27.8 Å². The molecule has 1 aromatic heterocycles. The number of carbonyl (C=O) groups excluding carboxylic acids is 2. The summed E-state index contributed by atoms with van der Waals surface area (Å²) in [6.07, 6.45) is 0.241. The smallest absolute Gasteiger partial charge is 0.277 e. The van der Waals surface area contributed by atoms with Gasteiger partial charge in [-0.2, -0.15) is 0 Å². The Labute approximate surface area is 168 Å². The van der Waals surface area contributed by atoms with Crippen molar-refractivity contribution in [3.05, 3.63) is 57.6 Å². The fourth-order valence-corrected chi connectivity index (χ4v) is 3.81. The molecular weight excluding hydrogens is 409 g/mol. The molecule has 2 aromatic carbocycles. The number of nitrogens with one attached hydrogen (secondary N) is 1. The van der Waals surface area contributed by atoms with Crippen molar-refractivity contribution in [1.29, 1.82) is 0 Å². The highest BCUT2D eigenvalue weighted by molar-refractivity contribution is 7.99. The molecule has 136 valence electrons. The number of halogens is 2. The molecule has 0 saturated carbocycles. The minimum Gasteiger partial charge on any atom is -0.411 e. The van der Waals surface area contributed by atoms with Crippen molar-refractivity contribution in [3.8, 4) is 11.5 Å². The van der Waals surface area contributed by atoms with Gasteiger partial charge >= 0.3 is 0 Å². The van der Waals surface area contributed by atoms with Crippen molar-refractivity contribution in [1.82, 2.24) is 10.2 Å². The van der Waals surface area contributed by atoms with Gasteiger partial charge in [-0.15, -0.1) is 10.2 Å². The van der Waals surface area contributed by atoms with E-state index in [9.17, 15) is 9.59 Å². The van der Waals surface area contributed by atoms with Crippen molar-refractivity contribution in [2.75, 3.05) is 11.1 Å². The van der Waals surface area contributed by atoms with Crippen LogP contribution in [0.15, 0.2) is 46.0 Å². The number of thioether (sulfide) groups is 1. The van der Waals surface area contributed by atoms with E-state index in [1.165, 1.54) is 0 Å². The first kappa shape index (κ1) is 18.0. The van der Waals surface area contributed by atoms with E-state index in [0.717, 1.165) is 17.3 Å². The van der Waals surface area contributed by atoms with E-state index in [0.29, 0.717) is 26.9 Å². The number of hydrogen-bond acceptors (Lipinski definition) is 6. The maximum atomic E-state index is 12.5. The van der Waals surface area contributed by atoms with Gasteiger partial charge in [-0.25, -0.2) is 0 Å². The monoisotopic (exact) mass is 419 g/mol. The zero-order valence-electron chi connectivity index (χ0n) is 13.7.